The van der Waals surface area contributed by atoms with Crippen molar-refractivity contribution in [2.75, 3.05) is 9.80 Å². The molecule has 0 bridgehead atoms. The van der Waals surface area contributed by atoms with E-state index in [2.05, 4.69) is 11.5 Å². The van der Waals surface area contributed by atoms with Gasteiger partial charge in [0.1, 0.15) is 5.41 Å². The summed E-state index contributed by atoms with van der Waals surface area (Å²) in [4.78, 5) is 36.0. The fourth-order valence-corrected chi connectivity index (χ4v) is 9.47. The summed E-state index contributed by atoms with van der Waals surface area (Å²) in [5, 5.41) is 6.43. The van der Waals surface area contributed by atoms with Crippen molar-refractivity contribution in [2.45, 2.75) is 17.9 Å². The van der Waals surface area contributed by atoms with E-state index in [1.165, 1.54) is 0 Å². The fourth-order valence-electron chi connectivity index (χ4n) is 8.84. The average molecular weight is 790 g/mol. The van der Waals surface area contributed by atoms with Crippen LogP contribution in [0.25, 0.3) is 6.08 Å². The minimum absolute atomic E-state index is 0.0862. The SMILES string of the molecule is O=C1N(c2ccccc2)C(=S)N(c2ccccc2)C(=O)C12C(c1ccccc1)/C(=C/c1ccc(Cl)cc1)C1=NNC(c3ccc(Cl)cc3)C1C2c1ccccc1. The maximum atomic E-state index is 16.5. The van der Waals surface area contributed by atoms with Crippen molar-refractivity contribution in [1.29, 1.82) is 0 Å². The lowest BCUT2D eigenvalue weighted by molar-refractivity contribution is -0.144. The molecule has 0 radical (unpaired) electrons. The van der Waals surface area contributed by atoms with Gasteiger partial charge in [-0.1, -0.05) is 145 Å². The normalized spacial score (nSPS) is 22.2. The van der Waals surface area contributed by atoms with E-state index in [4.69, 9.17) is 40.5 Å². The number of benzene rings is 6. The lowest BCUT2D eigenvalue weighted by Crippen LogP contribution is -2.71. The summed E-state index contributed by atoms with van der Waals surface area (Å²) in [6, 6.07) is 53.3. The highest BCUT2D eigenvalue weighted by molar-refractivity contribution is 7.81. The Morgan fingerprint density at radius 2 is 1.05 bits per heavy atom. The van der Waals surface area contributed by atoms with Crippen LogP contribution < -0.4 is 15.2 Å². The van der Waals surface area contributed by atoms with Gasteiger partial charge in [-0.3, -0.25) is 19.4 Å². The smallest absolute Gasteiger partial charge is 0.250 e. The van der Waals surface area contributed by atoms with E-state index in [9.17, 15) is 0 Å². The van der Waals surface area contributed by atoms with Gasteiger partial charge in [0.15, 0.2) is 5.11 Å². The summed E-state index contributed by atoms with van der Waals surface area (Å²) >= 11 is 19.0. The zero-order valence-electron chi connectivity index (χ0n) is 29.9. The molecule has 6 aromatic carbocycles. The van der Waals surface area contributed by atoms with Crippen LogP contribution in [0.1, 0.15) is 40.1 Å². The van der Waals surface area contributed by atoms with Crippen molar-refractivity contribution in [1.82, 2.24) is 5.43 Å². The number of carbonyl (C=O) groups excluding carboxylic acids is 2. The Hall–Kier alpha value is -5.86. The molecule has 1 saturated heterocycles. The molecule has 2 aliphatic heterocycles. The molecule has 2 fully saturated rings. The van der Waals surface area contributed by atoms with Crippen LogP contribution in [0, 0.1) is 11.3 Å². The summed E-state index contributed by atoms with van der Waals surface area (Å²) in [5.41, 5.74) is 7.70. The first-order valence-electron chi connectivity index (χ1n) is 18.4. The van der Waals surface area contributed by atoms with Crippen molar-refractivity contribution in [3.05, 3.63) is 208 Å². The molecule has 274 valence electrons. The van der Waals surface area contributed by atoms with Gasteiger partial charge in [0, 0.05) is 27.8 Å². The van der Waals surface area contributed by atoms with E-state index in [-0.39, 0.29) is 5.11 Å². The van der Waals surface area contributed by atoms with Gasteiger partial charge < -0.3 is 5.43 Å². The second-order valence-electron chi connectivity index (χ2n) is 14.2. The van der Waals surface area contributed by atoms with E-state index in [1.54, 1.807) is 9.80 Å². The molecule has 9 rings (SSSR count). The number of halogens is 2. The van der Waals surface area contributed by atoms with E-state index in [0.29, 0.717) is 21.4 Å². The number of rotatable bonds is 6. The summed E-state index contributed by atoms with van der Waals surface area (Å²) < 4.78 is 0. The molecule has 1 saturated carbocycles. The third kappa shape index (κ3) is 5.86. The summed E-state index contributed by atoms with van der Waals surface area (Å²) in [6.45, 7) is 0. The number of hydrogen-bond donors (Lipinski definition) is 1. The second kappa shape index (κ2) is 14.7. The number of thiocarbonyl (C=S) groups is 1. The van der Waals surface area contributed by atoms with Crippen molar-refractivity contribution in [3.63, 3.8) is 0 Å². The van der Waals surface area contributed by atoms with Gasteiger partial charge >= 0.3 is 0 Å². The van der Waals surface area contributed by atoms with Crippen molar-refractivity contribution in [2.24, 2.45) is 16.4 Å². The fraction of sp³-hybridized carbons (Fsp3) is 0.106. The number of allylic oxidation sites excluding steroid dienone is 1. The van der Waals surface area contributed by atoms with Gasteiger partial charge in [-0.2, -0.15) is 5.10 Å². The number of anilines is 2. The minimum atomic E-state index is -1.81. The van der Waals surface area contributed by atoms with Crippen LogP contribution in [0.4, 0.5) is 11.4 Å². The Morgan fingerprint density at radius 1 is 0.589 bits per heavy atom. The molecular weight excluding hydrogens is 756 g/mol. The van der Waals surface area contributed by atoms with Crippen LogP contribution in [0.5, 0.6) is 0 Å². The van der Waals surface area contributed by atoms with Gasteiger partial charge in [-0.05, 0) is 94.7 Å². The molecule has 2 amide bonds. The molecule has 1 N–H and O–H groups in total. The third-order valence-corrected chi connectivity index (χ3v) is 12.0. The van der Waals surface area contributed by atoms with E-state index in [1.807, 2.05) is 170 Å². The van der Waals surface area contributed by atoms with Crippen molar-refractivity contribution >= 4 is 75.5 Å². The highest BCUT2D eigenvalue weighted by atomic mass is 35.5. The zero-order valence-corrected chi connectivity index (χ0v) is 32.2. The third-order valence-electron chi connectivity index (χ3n) is 11.1. The molecular formula is C47H34Cl2N4O2S. The molecule has 6 nitrogen and oxygen atoms in total. The predicted octanol–water partition coefficient (Wildman–Crippen LogP) is 10.6. The molecule has 6 aromatic rings. The maximum absolute atomic E-state index is 16.5. The predicted molar refractivity (Wildman–Crippen MR) is 229 cm³/mol. The summed E-state index contributed by atoms with van der Waals surface area (Å²) in [6.07, 6.45) is 2.06. The van der Waals surface area contributed by atoms with Crippen LogP contribution in [0.2, 0.25) is 10.0 Å². The number of nitrogens with zero attached hydrogens (tertiary/aromatic N) is 3. The van der Waals surface area contributed by atoms with E-state index in [0.717, 1.165) is 33.5 Å². The zero-order chi connectivity index (χ0) is 38.4. The van der Waals surface area contributed by atoms with Crippen LogP contribution in [0.3, 0.4) is 0 Å². The number of nitrogens with one attached hydrogen (secondary N) is 1. The van der Waals surface area contributed by atoms with Gasteiger partial charge in [-0.25, -0.2) is 0 Å². The van der Waals surface area contributed by atoms with Crippen molar-refractivity contribution < 1.29 is 9.59 Å². The number of hydrazone groups is 1. The Bertz CT molecular complexity index is 2440. The van der Waals surface area contributed by atoms with Crippen LogP contribution in [0.15, 0.2) is 181 Å². The lowest BCUT2D eigenvalue weighted by atomic mass is 9.48. The molecule has 1 spiro atoms. The van der Waals surface area contributed by atoms with Gasteiger partial charge in [0.25, 0.3) is 11.8 Å². The molecule has 3 aliphatic rings. The largest absolute Gasteiger partial charge is 0.302 e. The summed E-state index contributed by atoms with van der Waals surface area (Å²) in [5.74, 6) is -2.89. The number of carbonyl (C=O) groups is 2. The highest BCUT2D eigenvalue weighted by Gasteiger charge is 2.71. The first-order chi connectivity index (χ1) is 27.4. The maximum Gasteiger partial charge on any atom is 0.250 e. The van der Waals surface area contributed by atoms with Crippen LogP contribution in [-0.4, -0.2) is 22.6 Å². The van der Waals surface area contributed by atoms with Gasteiger partial charge in [0.2, 0.25) is 0 Å². The Balaban J connectivity index is 1.43. The monoisotopic (exact) mass is 788 g/mol. The second-order valence-corrected chi connectivity index (χ2v) is 15.4. The number of hydrogen-bond acceptors (Lipinski definition) is 5. The molecule has 56 heavy (non-hydrogen) atoms. The van der Waals surface area contributed by atoms with E-state index < -0.39 is 41.0 Å². The average Bonchev–Trinajstić information content (AvgIpc) is 3.67. The van der Waals surface area contributed by atoms with Crippen LogP contribution >= 0.6 is 35.4 Å². The molecule has 4 atom stereocenters. The number of amides is 2. The number of fused-ring (bicyclic) bond motifs is 1. The minimum Gasteiger partial charge on any atom is -0.302 e. The van der Waals surface area contributed by atoms with Gasteiger partial charge in [-0.15, -0.1) is 0 Å². The van der Waals surface area contributed by atoms with Crippen LogP contribution in [-0.2, 0) is 9.59 Å². The molecule has 9 heteroatoms. The highest BCUT2D eigenvalue weighted by Crippen LogP contribution is 2.64. The Morgan fingerprint density at radius 3 is 1.57 bits per heavy atom. The molecule has 4 unspecified atom stereocenters. The standard InChI is InChI=1S/C47H34Cl2N4O2S/c48-34-25-21-30(22-26-34)29-38-40(31-13-5-1-6-14-31)47(41(32-15-7-2-8-16-32)39-42(50-51-43(38)39)33-23-27-35(49)28-24-33)44(54)52(36-17-9-3-10-18-36)46(56)53(45(47)55)37-19-11-4-12-20-37/h1-29,39-42,50H/b38-29-. The topological polar surface area (TPSA) is 65.0 Å². The Labute approximate surface area is 340 Å². The molecule has 2 heterocycles. The first kappa shape index (κ1) is 35.8. The number of para-hydroxylation sites is 2. The quantitative estimate of drug-likeness (QED) is 0.135. The molecule has 1 aliphatic carbocycles. The Kier molecular flexibility index (Phi) is 9.38. The first-order valence-corrected chi connectivity index (χ1v) is 19.5. The summed E-state index contributed by atoms with van der Waals surface area (Å²) in [7, 11) is 0. The van der Waals surface area contributed by atoms with E-state index >= 15 is 9.59 Å². The van der Waals surface area contributed by atoms with Crippen molar-refractivity contribution in [3.8, 4) is 0 Å². The molecule has 0 aromatic heterocycles. The van der Waals surface area contributed by atoms with Gasteiger partial charge in [0.05, 0.1) is 23.1 Å². The lowest BCUT2D eigenvalue weighted by Gasteiger charge is -2.57.